The van der Waals surface area contributed by atoms with Gasteiger partial charge in [-0.2, -0.15) is 0 Å². The zero-order chi connectivity index (χ0) is 13.9. The molecular formula is C16H17BrN2S. The van der Waals surface area contributed by atoms with Crippen molar-refractivity contribution in [3.05, 3.63) is 58.2 Å². The van der Waals surface area contributed by atoms with E-state index in [2.05, 4.69) is 51.2 Å². The van der Waals surface area contributed by atoms with Crippen LogP contribution in [0.4, 0.5) is 0 Å². The molecule has 0 bridgehead atoms. The summed E-state index contributed by atoms with van der Waals surface area (Å²) in [6.45, 7) is 0. The summed E-state index contributed by atoms with van der Waals surface area (Å²) in [7, 11) is 0. The highest BCUT2D eigenvalue weighted by atomic mass is 79.9. The van der Waals surface area contributed by atoms with Gasteiger partial charge in [0, 0.05) is 22.0 Å². The van der Waals surface area contributed by atoms with Crippen LogP contribution >= 0.6 is 27.7 Å². The number of hydrogen-bond acceptors (Lipinski definition) is 3. The molecule has 4 heteroatoms. The van der Waals surface area contributed by atoms with Gasteiger partial charge in [0.1, 0.15) is 0 Å². The largest absolute Gasteiger partial charge is 0.323 e. The summed E-state index contributed by atoms with van der Waals surface area (Å²) in [5.41, 5.74) is 9.22. The summed E-state index contributed by atoms with van der Waals surface area (Å²) < 4.78 is 1.01. The van der Waals surface area contributed by atoms with Crippen molar-refractivity contribution in [3.8, 4) is 0 Å². The van der Waals surface area contributed by atoms with Gasteiger partial charge in [0.05, 0.1) is 5.03 Å². The van der Waals surface area contributed by atoms with E-state index in [1.807, 2.05) is 12.3 Å². The number of pyridine rings is 1. The first-order chi connectivity index (χ1) is 9.74. The Morgan fingerprint density at radius 1 is 1.20 bits per heavy atom. The molecule has 20 heavy (non-hydrogen) atoms. The predicted octanol–water partition coefficient (Wildman–Crippen LogP) is 4.34. The molecule has 0 fully saturated rings. The number of hydrogen-bond donors (Lipinski definition) is 1. The van der Waals surface area contributed by atoms with Crippen LogP contribution in [0.25, 0.3) is 0 Å². The SMILES string of the molecule is NC1c2ccccc2CCCC1Sc1ccc(Br)cn1. The molecule has 2 nitrogen and oxygen atoms in total. The number of thioether (sulfide) groups is 1. The van der Waals surface area contributed by atoms with Crippen molar-refractivity contribution < 1.29 is 0 Å². The quantitative estimate of drug-likeness (QED) is 0.820. The third-order valence-corrected chi connectivity index (χ3v) is 5.51. The lowest BCUT2D eigenvalue weighted by Crippen LogP contribution is -2.23. The predicted molar refractivity (Wildman–Crippen MR) is 87.9 cm³/mol. The van der Waals surface area contributed by atoms with Crippen LogP contribution in [0.15, 0.2) is 52.1 Å². The topological polar surface area (TPSA) is 38.9 Å². The van der Waals surface area contributed by atoms with Crippen LogP contribution in [0.5, 0.6) is 0 Å². The number of aromatic nitrogens is 1. The molecular weight excluding hydrogens is 332 g/mol. The van der Waals surface area contributed by atoms with E-state index in [-0.39, 0.29) is 6.04 Å². The van der Waals surface area contributed by atoms with Gasteiger partial charge in [-0.15, -0.1) is 11.8 Å². The Morgan fingerprint density at radius 2 is 2.05 bits per heavy atom. The van der Waals surface area contributed by atoms with Crippen molar-refractivity contribution >= 4 is 27.7 Å². The average molecular weight is 349 g/mol. The summed E-state index contributed by atoms with van der Waals surface area (Å²) in [4.78, 5) is 4.45. The summed E-state index contributed by atoms with van der Waals surface area (Å²) in [6, 6.07) is 12.8. The van der Waals surface area contributed by atoms with Crippen LogP contribution in [0, 0.1) is 0 Å². The normalized spacial score (nSPS) is 22.1. The molecule has 2 unspecified atom stereocenters. The summed E-state index contributed by atoms with van der Waals surface area (Å²) >= 11 is 5.22. The van der Waals surface area contributed by atoms with Gasteiger partial charge in [0.15, 0.2) is 0 Å². The van der Waals surface area contributed by atoms with Gasteiger partial charge in [-0.1, -0.05) is 24.3 Å². The molecule has 2 N–H and O–H groups in total. The maximum atomic E-state index is 6.51. The van der Waals surface area contributed by atoms with E-state index in [0.717, 1.165) is 22.3 Å². The highest BCUT2D eigenvalue weighted by molar-refractivity contribution is 9.10. The van der Waals surface area contributed by atoms with Gasteiger partial charge < -0.3 is 5.73 Å². The van der Waals surface area contributed by atoms with Crippen molar-refractivity contribution in [1.29, 1.82) is 0 Å². The van der Waals surface area contributed by atoms with Gasteiger partial charge in [0.2, 0.25) is 0 Å². The number of fused-ring (bicyclic) bond motifs is 1. The molecule has 1 aromatic heterocycles. The van der Waals surface area contributed by atoms with Crippen LogP contribution in [-0.4, -0.2) is 10.2 Å². The standard InChI is InChI=1S/C16H17BrN2S/c17-12-8-9-15(19-10-12)20-14-7-3-5-11-4-1-2-6-13(11)16(14)18/h1-2,4,6,8-10,14,16H,3,5,7,18H2. The van der Waals surface area contributed by atoms with Crippen LogP contribution in [0.1, 0.15) is 30.0 Å². The lowest BCUT2D eigenvalue weighted by Gasteiger charge is -2.22. The molecule has 0 radical (unpaired) electrons. The van der Waals surface area contributed by atoms with Crippen LogP contribution < -0.4 is 5.73 Å². The highest BCUT2D eigenvalue weighted by Gasteiger charge is 2.25. The van der Waals surface area contributed by atoms with E-state index < -0.39 is 0 Å². The molecule has 0 spiro atoms. The lowest BCUT2D eigenvalue weighted by molar-refractivity contribution is 0.631. The Morgan fingerprint density at radius 3 is 2.85 bits per heavy atom. The first-order valence-electron chi connectivity index (χ1n) is 6.85. The minimum atomic E-state index is 0.0872. The zero-order valence-corrected chi connectivity index (χ0v) is 13.5. The second kappa shape index (κ2) is 6.29. The van der Waals surface area contributed by atoms with Gasteiger partial charge in [-0.05, 0) is 58.5 Å². The molecule has 0 saturated carbocycles. The molecule has 0 saturated heterocycles. The van der Waals surface area contributed by atoms with Gasteiger partial charge in [-0.25, -0.2) is 4.98 Å². The first-order valence-corrected chi connectivity index (χ1v) is 8.53. The fourth-order valence-corrected chi connectivity index (χ4v) is 4.06. The maximum absolute atomic E-state index is 6.51. The monoisotopic (exact) mass is 348 g/mol. The van der Waals surface area contributed by atoms with Crippen molar-refractivity contribution in [2.75, 3.05) is 0 Å². The Bertz CT molecular complexity index is 585. The van der Waals surface area contributed by atoms with Gasteiger partial charge in [0.25, 0.3) is 0 Å². The summed E-state index contributed by atoms with van der Waals surface area (Å²) in [5.74, 6) is 0. The average Bonchev–Trinajstić information content (AvgIpc) is 2.62. The van der Waals surface area contributed by atoms with E-state index in [0.29, 0.717) is 5.25 Å². The Balaban J connectivity index is 1.82. The Kier molecular flexibility index (Phi) is 4.44. The Labute approximate surface area is 132 Å². The molecule has 1 aromatic carbocycles. The maximum Gasteiger partial charge on any atom is 0.0964 e. The van der Waals surface area contributed by atoms with E-state index in [1.165, 1.54) is 17.5 Å². The van der Waals surface area contributed by atoms with Gasteiger partial charge >= 0.3 is 0 Å². The number of rotatable bonds is 2. The zero-order valence-electron chi connectivity index (χ0n) is 11.1. The van der Waals surface area contributed by atoms with Crippen molar-refractivity contribution in [1.82, 2.24) is 4.98 Å². The van der Waals surface area contributed by atoms with E-state index >= 15 is 0 Å². The number of aryl methyl sites for hydroxylation is 1. The summed E-state index contributed by atoms with van der Waals surface area (Å²) in [6.07, 6.45) is 5.31. The smallest absolute Gasteiger partial charge is 0.0964 e. The van der Waals surface area contributed by atoms with Gasteiger partial charge in [-0.3, -0.25) is 0 Å². The van der Waals surface area contributed by atoms with Crippen LogP contribution in [-0.2, 0) is 6.42 Å². The van der Waals surface area contributed by atoms with E-state index in [4.69, 9.17) is 5.73 Å². The van der Waals surface area contributed by atoms with Crippen LogP contribution in [0.2, 0.25) is 0 Å². The molecule has 1 heterocycles. The lowest BCUT2D eigenvalue weighted by atomic mass is 10.00. The number of benzene rings is 1. The fourth-order valence-electron chi connectivity index (χ4n) is 2.68. The Hall–Kier alpha value is -0.840. The molecule has 2 aromatic rings. The number of nitrogens with two attached hydrogens (primary N) is 1. The molecule has 3 rings (SSSR count). The first kappa shape index (κ1) is 14.1. The second-order valence-corrected chi connectivity index (χ2v) is 7.26. The molecule has 0 amide bonds. The third kappa shape index (κ3) is 3.08. The fraction of sp³-hybridized carbons (Fsp3) is 0.312. The highest BCUT2D eigenvalue weighted by Crippen LogP contribution is 2.37. The molecule has 2 atom stereocenters. The molecule has 0 aliphatic heterocycles. The summed E-state index contributed by atoms with van der Waals surface area (Å²) in [5, 5.41) is 1.44. The number of halogens is 1. The van der Waals surface area contributed by atoms with Crippen molar-refractivity contribution in [2.24, 2.45) is 5.73 Å². The van der Waals surface area contributed by atoms with E-state index in [1.54, 1.807) is 11.8 Å². The minimum Gasteiger partial charge on any atom is -0.323 e. The molecule has 104 valence electrons. The molecule has 1 aliphatic rings. The van der Waals surface area contributed by atoms with E-state index in [9.17, 15) is 0 Å². The van der Waals surface area contributed by atoms with Crippen LogP contribution in [0.3, 0.4) is 0 Å². The second-order valence-electron chi connectivity index (χ2n) is 5.09. The minimum absolute atomic E-state index is 0.0872. The number of nitrogens with zero attached hydrogens (tertiary/aromatic N) is 1. The molecule has 1 aliphatic carbocycles. The van der Waals surface area contributed by atoms with Crippen molar-refractivity contribution in [3.63, 3.8) is 0 Å². The van der Waals surface area contributed by atoms with Crippen molar-refractivity contribution in [2.45, 2.75) is 35.6 Å². The third-order valence-electron chi connectivity index (χ3n) is 3.72.